The number of pyridine rings is 1. The molecule has 4 nitrogen and oxygen atoms in total. The van der Waals surface area contributed by atoms with Crippen LogP contribution in [0.3, 0.4) is 0 Å². The summed E-state index contributed by atoms with van der Waals surface area (Å²) >= 11 is 0. The molecule has 21 heavy (non-hydrogen) atoms. The first-order chi connectivity index (χ1) is 10.2. The number of aromatic nitrogens is 3. The molecule has 0 amide bonds. The van der Waals surface area contributed by atoms with Crippen molar-refractivity contribution in [3.05, 3.63) is 36.3 Å². The highest BCUT2D eigenvalue weighted by Crippen LogP contribution is 2.25. The molecule has 0 saturated heterocycles. The van der Waals surface area contributed by atoms with E-state index in [2.05, 4.69) is 15.0 Å². The van der Waals surface area contributed by atoms with Gasteiger partial charge >= 0.3 is 0 Å². The summed E-state index contributed by atoms with van der Waals surface area (Å²) in [6.07, 6.45) is 8.83. The molecule has 1 aliphatic rings. The zero-order chi connectivity index (χ0) is 14.7. The second-order valence-electron chi connectivity index (χ2n) is 5.11. The number of rotatable bonds is 3. The molecule has 0 aliphatic heterocycles. The Morgan fingerprint density at radius 1 is 0.952 bits per heavy atom. The smallest absolute Gasteiger partial charge is 0.250 e. The molecule has 1 saturated carbocycles. The SMILES string of the molecule is Fc1cnc(-c2cnc(OC3CCCCC3)c(F)c2)nc1. The van der Waals surface area contributed by atoms with Crippen LogP contribution in [0, 0.1) is 11.6 Å². The van der Waals surface area contributed by atoms with Gasteiger partial charge in [-0.25, -0.2) is 23.7 Å². The van der Waals surface area contributed by atoms with E-state index in [1.165, 1.54) is 18.7 Å². The molecular formula is C15H15F2N3O. The van der Waals surface area contributed by atoms with Gasteiger partial charge in [-0.2, -0.15) is 0 Å². The minimum atomic E-state index is -0.550. The summed E-state index contributed by atoms with van der Waals surface area (Å²) in [5, 5.41) is 0. The topological polar surface area (TPSA) is 47.9 Å². The van der Waals surface area contributed by atoms with Gasteiger partial charge in [0.15, 0.2) is 17.5 Å². The Labute approximate surface area is 121 Å². The summed E-state index contributed by atoms with van der Waals surface area (Å²) in [7, 11) is 0. The second kappa shape index (κ2) is 6.11. The number of hydrogen-bond donors (Lipinski definition) is 0. The third-order valence-electron chi connectivity index (χ3n) is 3.52. The Hall–Kier alpha value is -2.11. The second-order valence-corrected chi connectivity index (χ2v) is 5.11. The molecule has 2 heterocycles. The summed E-state index contributed by atoms with van der Waals surface area (Å²) in [5.74, 6) is -0.852. The van der Waals surface area contributed by atoms with E-state index in [0.717, 1.165) is 38.1 Å². The minimum Gasteiger partial charge on any atom is -0.472 e. The van der Waals surface area contributed by atoms with Gasteiger partial charge in [0.2, 0.25) is 0 Å². The molecule has 2 aromatic rings. The molecule has 6 heteroatoms. The van der Waals surface area contributed by atoms with Crippen LogP contribution in [0.4, 0.5) is 8.78 Å². The zero-order valence-corrected chi connectivity index (χ0v) is 11.4. The van der Waals surface area contributed by atoms with Crippen LogP contribution >= 0.6 is 0 Å². The van der Waals surface area contributed by atoms with Gasteiger partial charge in [0.25, 0.3) is 5.88 Å². The molecule has 0 atom stereocenters. The first-order valence-electron chi connectivity index (χ1n) is 7.02. The van der Waals surface area contributed by atoms with E-state index in [9.17, 15) is 8.78 Å². The van der Waals surface area contributed by atoms with Crippen molar-refractivity contribution >= 4 is 0 Å². The van der Waals surface area contributed by atoms with Crippen molar-refractivity contribution in [1.82, 2.24) is 15.0 Å². The van der Waals surface area contributed by atoms with Crippen molar-refractivity contribution < 1.29 is 13.5 Å². The largest absolute Gasteiger partial charge is 0.472 e. The van der Waals surface area contributed by atoms with Crippen LogP contribution in [0.1, 0.15) is 32.1 Å². The summed E-state index contributed by atoms with van der Waals surface area (Å²) in [6, 6.07) is 1.26. The van der Waals surface area contributed by atoms with Crippen LogP contribution in [0.5, 0.6) is 5.88 Å². The Kier molecular flexibility index (Phi) is 4.03. The van der Waals surface area contributed by atoms with Crippen LogP contribution in [0.25, 0.3) is 11.4 Å². The van der Waals surface area contributed by atoms with Gasteiger partial charge in [-0.15, -0.1) is 0 Å². The van der Waals surface area contributed by atoms with E-state index < -0.39 is 11.6 Å². The van der Waals surface area contributed by atoms with E-state index in [1.807, 2.05) is 0 Å². The van der Waals surface area contributed by atoms with Gasteiger partial charge in [-0.3, -0.25) is 0 Å². The maximum absolute atomic E-state index is 14.1. The quantitative estimate of drug-likeness (QED) is 0.868. The monoisotopic (exact) mass is 291 g/mol. The van der Waals surface area contributed by atoms with Crippen LogP contribution in [0.15, 0.2) is 24.7 Å². The van der Waals surface area contributed by atoms with Crippen molar-refractivity contribution in [1.29, 1.82) is 0 Å². The van der Waals surface area contributed by atoms with Gasteiger partial charge in [-0.05, 0) is 31.7 Å². The zero-order valence-electron chi connectivity index (χ0n) is 11.4. The third kappa shape index (κ3) is 3.32. The molecule has 110 valence electrons. The normalized spacial score (nSPS) is 15.9. The van der Waals surface area contributed by atoms with Crippen molar-refractivity contribution in [2.75, 3.05) is 0 Å². The maximum atomic E-state index is 14.1. The van der Waals surface area contributed by atoms with Crippen LogP contribution in [-0.2, 0) is 0 Å². The van der Waals surface area contributed by atoms with Gasteiger partial charge in [0.1, 0.15) is 6.10 Å². The van der Waals surface area contributed by atoms with Crippen molar-refractivity contribution in [3.63, 3.8) is 0 Å². The lowest BCUT2D eigenvalue weighted by Gasteiger charge is -2.22. The lowest BCUT2D eigenvalue weighted by Crippen LogP contribution is -2.20. The fourth-order valence-electron chi connectivity index (χ4n) is 2.44. The van der Waals surface area contributed by atoms with Crippen molar-refractivity contribution in [2.45, 2.75) is 38.2 Å². The predicted molar refractivity (Wildman–Crippen MR) is 72.7 cm³/mol. The van der Waals surface area contributed by atoms with E-state index in [1.54, 1.807) is 0 Å². The lowest BCUT2D eigenvalue weighted by atomic mass is 9.98. The standard InChI is InChI=1S/C15H15F2N3O/c16-11-8-18-14(19-9-11)10-6-13(17)15(20-7-10)21-12-4-2-1-3-5-12/h6-9,12H,1-5H2. The summed E-state index contributed by atoms with van der Waals surface area (Å²) in [6.45, 7) is 0. The van der Waals surface area contributed by atoms with Crippen LogP contribution in [-0.4, -0.2) is 21.1 Å². The molecule has 0 bridgehead atoms. The van der Waals surface area contributed by atoms with E-state index in [-0.39, 0.29) is 17.8 Å². The molecule has 0 aromatic carbocycles. The van der Waals surface area contributed by atoms with Gasteiger partial charge < -0.3 is 4.74 Å². The maximum Gasteiger partial charge on any atom is 0.250 e. The lowest BCUT2D eigenvalue weighted by molar-refractivity contribution is 0.142. The first-order valence-corrected chi connectivity index (χ1v) is 7.02. The molecule has 0 radical (unpaired) electrons. The minimum absolute atomic E-state index is 0.00719. The summed E-state index contributed by atoms with van der Waals surface area (Å²) in [4.78, 5) is 11.6. The highest BCUT2D eigenvalue weighted by atomic mass is 19.1. The molecule has 2 aromatic heterocycles. The molecule has 1 fully saturated rings. The average molecular weight is 291 g/mol. The Balaban J connectivity index is 1.77. The van der Waals surface area contributed by atoms with Gasteiger partial charge in [0.05, 0.1) is 12.4 Å². The molecule has 3 rings (SSSR count). The Morgan fingerprint density at radius 2 is 1.67 bits per heavy atom. The van der Waals surface area contributed by atoms with E-state index in [4.69, 9.17) is 4.74 Å². The first kappa shape index (κ1) is 13.9. The number of nitrogens with zero attached hydrogens (tertiary/aromatic N) is 3. The third-order valence-corrected chi connectivity index (χ3v) is 3.52. The highest BCUT2D eigenvalue weighted by Gasteiger charge is 2.18. The van der Waals surface area contributed by atoms with E-state index >= 15 is 0 Å². The molecule has 0 unspecified atom stereocenters. The average Bonchev–Trinajstić information content (AvgIpc) is 2.51. The highest BCUT2D eigenvalue weighted by molar-refractivity contribution is 5.53. The fourth-order valence-corrected chi connectivity index (χ4v) is 2.44. The molecule has 1 aliphatic carbocycles. The van der Waals surface area contributed by atoms with Crippen LogP contribution in [0.2, 0.25) is 0 Å². The fraction of sp³-hybridized carbons (Fsp3) is 0.400. The Morgan fingerprint density at radius 3 is 2.33 bits per heavy atom. The van der Waals surface area contributed by atoms with Crippen LogP contribution < -0.4 is 4.74 Å². The van der Waals surface area contributed by atoms with Gasteiger partial charge in [0, 0.05) is 11.8 Å². The summed E-state index contributed by atoms with van der Waals surface area (Å²) < 4.78 is 32.4. The number of ether oxygens (including phenoxy) is 1. The number of hydrogen-bond acceptors (Lipinski definition) is 4. The number of halogens is 2. The molecule has 0 spiro atoms. The predicted octanol–water partition coefficient (Wildman–Crippen LogP) is 3.53. The molecule has 0 N–H and O–H groups in total. The van der Waals surface area contributed by atoms with Crippen molar-refractivity contribution in [2.24, 2.45) is 0 Å². The summed E-state index contributed by atoms with van der Waals surface area (Å²) in [5.41, 5.74) is 0.392. The van der Waals surface area contributed by atoms with Gasteiger partial charge in [-0.1, -0.05) is 6.42 Å². The Bertz CT molecular complexity index is 613. The van der Waals surface area contributed by atoms with E-state index in [0.29, 0.717) is 5.56 Å². The molecular weight excluding hydrogens is 276 g/mol. The van der Waals surface area contributed by atoms with Crippen molar-refractivity contribution in [3.8, 4) is 17.3 Å².